The van der Waals surface area contributed by atoms with Gasteiger partial charge in [0.1, 0.15) is 47.0 Å². The molecule has 6 aromatic rings. The number of hydrogen-bond acceptors (Lipinski definition) is 13. The highest BCUT2D eigenvalue weighted by Gasteiger charge is 2.26. The van der Waals surface area contributed by atoms with E-state index in [1.807, 2.05) is 18.3 Å². The number of nitrogens with zero attached hydrogens (tertiary/aromatic N) is 9. The fourth-order valence-electron chi connectivity index (χ4n) is 5.76. The highest BCUT2D eigenvalue weighted by molar-refractivity contribution is 9.11. The molecule has 0 atom stereocenters. The summed E-state index contributed by atoms with van der Waals surface area (Å²) >= 11 is 6.86. The topological polar surface area (TPSA) is 225 Å². The Morgan fingerprint density at radius 3 is 1.78 bits per heavy atom. The number of carbonyl (C=O) groups excluding carboxylic acids is 1. The molecule has 0 saturated carbocycles. The summed E-state index contributed by atoms with van der Waals surface area (Å²) in [5.74, 6) is -0.0843. The van der Waals surface area contributed by atoms with Crippen LogP contribution in [0.1, 0.15) is 43.5 Å². The second-order valence-electron chi connectivity index (χ2n) is 11.4. The molecule has 0 aliphatic carbocycles. The number of H-pyrrole nitrogens is 2. The van der Waals surface area contributed by atoms with Crippen LogP contribution in [-0.2, 0) is 17.8 Å². The van der Waals surface area contributed by atoms with E-state index >= 15 is 0 Å². The summed E-state index contributed by atoms with van der Waals surface area (Å²) < 4.78 is 6.37. The molecule has 0 unspecified atom stereocenters. The van der Waals surface area contributed by atoms with Crippen molar-refractivity contribution in [1.82, 2.24) is 44.8 Å². The molecule has 5 N–H and O–H groups in total. The van der Waals surface area contributed by atoms with Crippen molar-refractivity contribution < 1.29 is 19.4 Å². The number of carboxylic acid groups (broad SMARTS) is 1. The normalized spacial score (nSPS) is 14.4. The van der Waals surface area contributed by atoms with Gasteiger partial charge in [0.15, 0.2) is 0 Å². The number of aromatic nitrogens is 8. The summed E-state index contributed by atoms with van der Waals surface area (Å²) in [4.78, 5) is 65.9. The highest BCUT2D eigenvalue weighted by Crippen LogP contribution is 2.35. The lowest BCUT2D eigenvalue weighted by Crippen LogP contribution is -2.40. The van der Waals surface area contributed by atoms with E-state index < -0.39 is 5.97 Å². The summed E-state index contributed by atoms with van der Waals surface area (Å²) in [6, 6.07) is 3.90. The molecule has 9 rings (SSSR count). The van der Waals surface area contributed by atoms with Crippen LogP contribution in [0.15, 0.2) is 56.1 Å². The van der Waals surface area contributed by atoms with E-state index in [-0.39, 0.29) is 11.6 Å². The van der Waals surface area contributed by atoms with E-state index in [4.69, 9.17) is 4.74 Å². The number of rotatable bonds is 6. The van der Waals surface area contributed by atoms with Gasteiger partial charge in [-0.05, 0) is 44.0 Å². The number of morpholine rings is 1. The SMILES string of the molecule is O=C(O)c1[nH]c2ncnc(Nc3cnc4c(c3)C=NC4)c2c1Br.O=C(c1[nH]c2ncnc(Nc3cnc4c(c3)C=NC4)c2c1Br)N1CCOCC1. The van der Waals surface area contributed by atoms with Crippen molar-refractivity contribution in [1.29, 1.82) is 0 Å². The number of carboxylic acids is 1. The van der Waals surface area contributed by atoms with Crippen LogP contribution in [0, 0.1) is 0 Å². The van der Waals surface area contributed by atoms with Gasteiger partial charge < -0.3 is 35.3 Å². The average molecular weight is 815 g/mol. The monoisotopic (exact) mass is 813 g/mol. The van der Waals surface area contributed by atoms with Crippen molar-refractivity contribution in [2.24, 2.45) is 9.98 Å². The van der Waals surface area contributed by atoms with Gasteiger partial charge in [-0.1, -0.05) is 0 Å². The first-order valence-electron chi connectivity index (χ1n) is 15.5. The van der Waals surface area contributed by atoms with Crippen LogP contribution in [0.2, 0.25) is 0 Å². The number of anilines is 4. The number of fused-ring (bicyclic) bond motifs is 4. The Bertz CT molecular complexity index is 2420. The predicted molar refractivity (Wildman–Crippen MR) is 194 cm³/mol. The molecule has 0 aromatic carbocycles. The van der Waals surface area contributed by atoms with Crippen molar-refractivity contribution in [3.63, 3.8) is 0 Å². The molecule has 0 bridgehead atoms. The van der Waals surface area contributed by atoms with E-state index in [0.29, 0.717) is 87.7 Å². The molecule has 9 heterocycles. The van der Waals surface area contributed by atoms with Crippen LogP contribution in [0.5, 0.6) is 0 Å². The third-order valence-electron chi connectivity index (χ3n) is 8.26. The van der Waals surface area contributed by atoms with Gasteiger partial charge in [0.2, 0.25) is 0 Å². The van der Waals surface area contributed by atoms with Crippen LogP contribution in [-0.4, -0.2) is 100 Å². The van der Waals surface area contributed by atoms with Crippen molar-refractivity contribution in [2.75, 3.05) is 36.9 Å². The minimum absolute atomic E-state index is 0.0303. The second-order valence-corrected chi connectivity index (χ2v) is 13.0. The zero-order valence-electron chi connectivity index (χ0n) is 26.3. The number of aromatic carboxylic acids is 1. The van der Waals surface area contributed by atoms with Crippen LogP contribution in [0.25, 0.3) is 22.1 Å². The third kappa shape index (κ3) is 6.30. The Balaban J connectivity index is 0.000000150. The number of hydrogen-bond donors (Lipinski definition) is 5. The lowest BCUT2D eigenvalue weighted by molar-refractivity contribution is 0.0299. The molecule has 17 nitrogen and oxygen atoms in total. The molecule has 51 heavy (non-hydrogen) atoms. The fourth-order valence-corrected chi connectivity index (χ4v) is 7.05. The van der Waals surface area contributed by atoms with Crippen molar-refractivity contribution >= 4 is 101 Å². The van der Waals surface area contributed by atoms with E-state index in [1.165, 1.54) is 12.7 Å². The number of ether oxygens (including phenoxy) is 1. The molecule has 3 aliphatic rings. The summed E-state index contributed by atoms with van der Waals surface area (Å²) in [7, 11) is 0. The summed E-state index contributed by atoms with van der Waals surface area (Å²) in [6.07, 6.45) is 9.86. The maximum absolute atomic E-state index is 12.9. The van der Waals surface area contributed by atoms with E-state index in [1.54, 1.807) is 23.5 Å². The lowest BCUT2D eigenvalue weighted by atomic mass is 10.2. The molecule has 1 amide bonds. The van der Waals surface area contributed by atoms with Gasteiger partial charge in [-0.25, -0.2) is 24.7 Å². The number of halogens is 2. The molecular formula is C32H25Br2N13O4. The lowest BCUT2D eigenvalue weighted by Gasteiger charge is -2.26. The number of amides is 1. The predicted octanol–water partition coefficient (Wildman–Crippen LogP) is 4.75. The first kappa shape index (κ1) is 32.5. The highest BCUT2D eigenvalue weighted by atomic mass is 79.9. The maximum Gasteiger partial charge on any atom is 0.353 e. The minimum Gasteiger partial charge on any atom is -0.477 e. The quantitative estimate of drug-likeness (QED) is 0.154. The van der Waals surface area contributed by atoms with Gasteiger partial charge in [-0.2, -0.15) is 0 Å². The van der Waals surface area contributed by atoms with E-state index in [2.05, 4.69) is 92.4 Å². The summed E-state index contributed by atoms with van der Waals surface area (Å²) in [5.41, 5.74) is 6.87. The molecular weight excluding hydrogens is 790 g/mol. The van der Waals surface area contributed by atoms with Gasteiger partial charge in [0.05, 0.1) is 81.2 Å². The van der Waals surface area contributed by atoms with Crippen molar-refractivity contribution in [3.05, 3.63) is 80.0 Å². The Kier molecular flexibility index (Phi) is 8.66. The van der Waals surface area contributed by atoms with Crippen LogP contribution in [0.3, 0.4) is 0 Å². The standard InChI is InChI=1S/C18H16BrN7O2.C14H9BrN6O2/c19-14-13-16(24-11-5-10-6-20-8-12(10)21-7-11)22-9-23-17(13)25-15(14)18(27)26-1-3-28-4-2-26;15-10-9-12(18-5-19-13(9)21-11(10)14(22)23)20-7-1-6-2-16-4-8(6)17-3-7/h5-7,9H,1-4,8H2,(H2,22,23,24,25);1-3,5H,4H2,(H,22,23)(H2,18,19,20,21). The molecule has 6 aromatic heterocycles. The Morgan fingerprint density at radius 1 is 0.745 bits per heavy atom. The largest absolute Gasteiger partial charge is 0.477 e. The van der Waals surface area contributed by atoms with Crippen LogP contribution < -0.4 is 10.6 Å². The zero-order valence-corrected chi connectivity index (χ0v) is 29.5. The summed E-state index contributed by atoms with van der Waals surface area (Å²) in [5, 5.41) is 16.9. The number of aromatic amines is 2. The van der Waals surface area contributed by atoms with Gasteiger partial charge in [-0.3, -0.25) is 24.7 Å². The van der Waals surface area contributed by atoms with Crippen molar-refractivity contribution in [2.45, 2.75) is 13.1 Å². The van der Waals surface area contributed by atoms with Gasteiger partial charge >= 0.3 is 5.97 Å². The Morgan fingerprint density at radius 2 is 1.25 bits per heavy atom. The molecule has 1 fully saturated rings. The fraction of sp³-hybridized carbons (Fsp3) is 0.188. The molecule has 0 radical (unpaired) electrons. The van der Waals surface area contributed by atoms with E-state index in [9.17, 15) is 14.7 Å². The van der Waals surface area contributed by atoms with Gasteiger partial charge in [0, 0.05) is 36.6 Å². The van der Waals surface area contributed by atoms with Crippen LogP contribution >= 0.6 is 31.9 Å². The van der Waals surface area contributed by atoms with Gasteiger partial charge in [0.25, 0.3) is 5.91 Å². The molecule has 1 saturated heterocycles. The number of carbonyl (C=O) groups is 2. The average Bonchev–Trinajstić information content (AvgIpc) is 3.94. The van der Waals surface area contributed by atoms with E-state index in [0.717, 1.165) is 33.9 Å². The second kappa shape index (κ2) is 13.6. The number of nitrogens with one attached hydrogen (secondary N) is 4. The van der Waals surface area contributed by atoms with Crippen LogP contribution in [0.4, 0.5) is 23.0 Å². The molecule has 256 valence electrons. The minimum atomic E-state index is -1.07. The summed E-state index contributed by atoms with van der Waals surface area (Å²) in [6.45, 7) is 3.44. The molecule has 3 aliphatic heterocycles. The third-order valence-corrected chi connectivity index (χ3v) is 9.85. The van der Waals surface area contributed by atoms with Gasteiger partial charge in [-0.15, -0.1) is 0 Å². The Labute approximate surface area is 304 Å². The smallest absolute Gasteiger partial charge is 0.353 e. The number of pyridine rings is 2. The maximum atomic E-state index is 12.9. The Hall–Kier alpha value is -5.66. The van der Waals surface area contributed by atoms with Crippen molar-refractivity contribution in [3.8, 4) is 0 Å². The molecule has 19 heteroatoms. The zero-order chi connectivity index (χ0) is 35.1. The molecule has 0 spiro atoms. The number of aliphatic imine (C=N–C) groups is 2. The first-order valence-corrected chi connectivity index (χ1v) is 17.1. The first-order chi connectivity index (χ1) is 24.8.